The Balaban J connectivity index is 1.63. The smallest absolute Gasteiger partial charge is 0.286 e. The van der Waals surface area contributed by atoms with E-state index in [4.69, 9.17) is 4.42 Å². The number of anilines is 1. The molecule has 0 aromatic carbocycles. The van der Waals surface area contributed by atoms with Crippen LogP contribution in [0.3, 0.4) is 0 Å². The molecule has 106 valence electrons. The predicted molar refractivity (Wildman–Crippen MR) is 75.8 cm³/mol. The number of aryl methyl sites for hydroxylation is 1. The van der Waals surface area contributed by atoms with Gasteiger partial charge in [-0.25, -0.2) is 4.98 Å². The largest absolute Gasteiger partial charge is 0.459 e. The highest BCUT2D eigenvalue weighted by Gasteiger charge is 2.08. The summed E-state index contributed by atoms with van der Waals surface area (Å²) in [5.74, 6) is -0.106. The lowest BCUT2D eigenvalue weighted by atomic mass is 10.3. The van der Waals surface area contributed by atoms with Crippen molar-refractivity contribution >= 4 is 28.3 Å². The second-order valence-electron chi connectivity index (χ2n) is 4.18. The Morgan fingerprint density at radius 2 is 2.30 bits per heavy atom. The van der Waals surface area contributed by atoms with E-state index in [-0.39, 0.29) is 17.6 Å². The van der Waals surface area contributed by atoms with Gasteiger partial charge in [0.1, 0.15) is 0 Å². The van der Waals surface area contributed by atoms with E-state index >= 15 is 0 Å². The summed E-state index contributed by atoms with van der Waals surface area (Å²) in [4.78, 5) is 27.3. The molecule has 0 aliphatic heterocycles. The molecular weight excluding hydrogens is 278 g/mol. The van der Waals surface area contributed by atoms with Crippen LogP contribution in [0.25, 0.3) is 0 Å². The normalized spacial score (nSPS) is 10.2. The third-order valence-corrected chi connectivity index (χ3v) is 3.35. The number of hydrogen-bond acceptors (Lipinski definition) is 5. The van der Waals surface area contributed by atoms with Crippen molar-refractivity contribution in [3.05, 3.63) is 35.2 Å². The Morgan fingerprint density at radius 3 is 2.95 bits per heavy atom. The molecule has 0 aliphatic rings. The first kappa shape index (κ1) is 14.3. The Labute approximate surface area is 120 Å². The van der Waals surface area contributed by atoms with E-state index in [1.54, 1.807) is 12.1 Å². The average molecular weight is 293 g/mol. The van der Waals surface area contributed by atoms with Crippen LogP contribution in [0.4, 0.5) is 5.13 Å². The molecular formula is C13H15N3O3S. The van der Waals surface area contributed by atoms with Gasteiger partial charge in [-0.05, 0) is 25.5 Å². The maximum absolute atomic E-state index is 11.6. The van der Waals surface area contributed by atoms with Crippen molar-refractivity contribution in [1.82, 2.24) is 10.3 Å². The number of thiazole rings is 1. The molecule has 20 heavy (non-hydrogen) atoms. The highest BCUT2D eigenvalue weighted by Crippen LogP contribution is 2.14. The van der Waals surface area contributed by atoms with Crippen LogP contribution in [0.15, 0.2) is 28.2 Å². The summed E-state index contributed by atoms with van der Waals surface area (Å²) in [6, 6.07) is 3.24. The summed E-state index contributed by atoms with van der Waals surface area (Å²) < 4.78 is 4.96. The molecule has 0 unspecified atom stereocenters. The molecule has 2 N–H and O–H groups in total. The number of carbonyl (C=O) groups is 2. The van der Waals surface area contributed by atoms with Crippen molar-refractivity contribution in [3.63, 3.8) is 0 Å². The summed E-state index contributed by atoms with van der Waals surface area (Å²) >= 11 is 1.40. The van der Waals surface area contributed by atoms with Gasteiger partial charge in [-0.1, -0.05) is 0 Å². The molecule has 0 fully saturated rings. The third kappa shape index (κ3) is 4.20. The molecule has 0 saturated carbocycles. The standard InChI is InChI=1S/C13H15N3O3S/c1-9-8-20-13(15-9)16-11(17)5-2-6-14-12(18)10-4-3-7-19-10/h3-4,7-8H,2,5-6H2,1H3,(H,14,18)(H,15,16,17). The van der Waals surface area contributed by atoms with Crippen LogP contribution in [0.5, 0.6) is 0 Å². The lowest BCUT2D eigenvalue weighted by Crippen LogP contribution is -2.25. The molecule has 2 aromatic heterocycles. The van der Waals surface area contributed by atoms with Gasteiger partial charge in [-0.2, -0.15) is 0 Å². The van der Waals surface area contributed by atoms with Gasteiger partial charge < -0.3 is 15.1 Å². The minimum Gasteiger partial charge on any atom is -0.459 e. The SMILES string of the molecule is Cc1csc(NC(=O)CCCNC(=O)c2ccco2)n1. The molecule has 2 aromatic rings. The van der Waals surface area contributed by atoms with Gasteiger partial charge in [0.15, 0.2) is 10.9 Å². The zero-order valence-corrected chi connectivity index (χ0v) is 11.8. The van der Waals surface area contributed by atoms with E-state index in [1.807, 2.05) is 12.3 Å². The van der Waals surface area contributed by atoms with E-state index in [9.17, 15) is 9.59 Å². The molecule has 7 heteroatoms. The fourth-order valence-electron chi connectivity index (χ4n) is 1.54. The monoisotopic (exact) mass is 293 g/mol. The van der Waals surface area contributed by atoms with Crippen molar-refractivity contribution in [2.24, 2.45) is 0 Å². The fourth-order valence-corrected chi connectivity index (χ4v) is 2.24. The minimum absolute atomic E-state index is 0.105. The Morgan fingerprint density at radius 1 is 1.45 bits per heavy atom. The molecule has 0 atom stereocenters. The summed E-state index contributed by atoms with van der Waals surface area (Å²) in [5, 5.41) is 7.88. The number of carbonyl (C=O) groups excluding carboxylic acids is 2. The summed E-state index contributed by atoms with van der Waals surface area (Å²) in [6.45, 7) is 2.29. The summed E-state index contributed by atoms with van der Waals surface area (Å²) in [7, 11) is 0. The molecule has 2 rings (SSSR count). The highest BCUT2D eigenvalue weighted by molar-refractivity contribution is 7.13. The first-order valence-corrected chi connectivity index (χ1v) is 7.07. The minimum atomic E-state index is -0.272. The molecule has 0 bridgehead atoms. The van der Waals surface area contributed by atoms with Crippen LogP contribution < -0.4 is 10.6 Å². The van der Waals surface area contributed by atoms with E-state index in [0.29, 0.717) is 24.5 Å². The molecule has 2 amide bonds. The zero-order valence-electron chi connectivity index (χ0n) is 11.0. The highest BCUT2D eigenvalue weighted by atomic mass is 32.1. The van der Waals surface area contributed by atoms with Crippen LogP contribution in [0.2, 0.25) is 0 Å². The van der Waals surface area contributed by atoms with Gasteiger partial charge in [0.2, 0.25) is 5.91 Å². The van der Waals surface area contributed by atoms with Crippen LogP contribution in [-0.2, 0) is 4.79 Å². The molecule has 0 saturated heterocycles. The maximum Gasteiger partial charge on any atom is 0.286 e. The van der Waals surface area contributed by atoms with Gasteiger partial charge in [-0.3, -0.25) is 9.59 Å². The second-order valence-corrected chi connectivity index (χ2v) is 5.04. The third-order valence-electron chi connectivity index (χ3n) is 2.48. The quantitative estimate of drug-likeness (QED) is 0.800. The van der Waals surface area contributed by atoms with Crippen molar-refractivity contribution < 1.29 is 14.0 Å². The number of nitrogens with one attached hydrogen (secondary N) is 2. The molecule has 0 aliphatic carbocycles. The molecule has 2 heterocycles. The molecule has 6 nitrogen and oxygen atoms in total. The van der Waals surface area contributed by atoms with Crippen LogP contribution >= 0.6 is 11.3 Å². The van der Waals surface area contributed by atoms with Crippen LogP contribution in [0.1, 0.15) is 29.1 Å². The zero-order chi connectivity index (χ0) is 14.4. The van der Waals surface area contributed by atoms with E-state index < -0.39 is 0 Å². The number of furan rings is 1. The van der Waals surface area contributed by atoms with Crippen molar-refractivity contribution in [1.29, 1.82) is 0 Å². The Hall–Kier alpha value is -2.15. The van der Waals surface area contributed by atoms with Crippen molar-refractivity contribution in [3.8, 4) is 0 Å². The number of amides is 2. The van der Waals surface area contributed by atoms with E-state index in [2.05, 4.69) is 15.6 Å². The van der Waals surface area contributed by atoms with Gasteiger partial charge in [0.25, 0.3) is 5.91 Å². The van der Waals surface area contributed by atoms with Crippen LogP contribution in [-0.4, -0.2) is 23.3 Å². The number of aromatic nitrogens is 1. The first-order valence-electron chi connectivity index (χ1n) is 6.19. The number of rotatable bonds is 6. The van der Waals surface area contributed by atoms with Gasteiger partial charge in [0.05, 0.1) is 12.0 Å². The van der Waals surface area contributed by atoms with Crippen molar-refractivity contribution in [2.75, 3.05) is 11.9 Å². The second kappa shape index (κ2) is 6.85. The average Bonchev–Trinajstić information content (AvgIpc) is 3.06. The molecule has 0 spiro atoms. The van der Waals surface area contributed by atoms with Gasteiger partial charge in [0, 0.05) is 18.3 Å². The van der Waals surface area contributed by atoms with Crippen LogP contribution in [0, 0.1) is 6.92 Å². The molecule has 0 radical (unpaired) electrons. The lowest BCUT2D eigenvalue weighted by molar-refractivity contribution is -0.116. The van der Waals surface area contributed by atoms with E-state index in [0.717, 1.165) is 5.69 Å². The summed E-state index contributed by atoms with van der Waals surface area (Å²) in [6.07, 6.45) is 2.33. The van der Waals surface area contributed by atoms with Gasteiger partial charge in [-0.15, -0.1) is 11.3 Å². The number of nitrogens with zero attached hydrogens (tertiary/aromatic N) is 1. The summed E-state index contributed by atoms with van der Waals surface area (Å²) in [5.41, 5.74) is 0.885. The Bertz CT molecular complexity index is 577. The Kier molecular flexibility index (Phi) is 4.89. The van der Waals surface area contributed by atoms with Crippen molar-refractivity contribution in [2.45, 2.75) is 19.8 Å². The maximum atomic E-state index is 11.6. The van der Waals surface area contributed by atoms with Gasteiger partial charge >= 0.3 is 0 Å². The first-order chi connectivity index (χ1) is 9.65. The predicted octanol–water partition coefficient (Wildman–Crippen LogP) is 2.19. The topological polar surface area (TPSA) is 84.2 Å². The van der Waals surface area contributed by atoms with E-state index in [1.165, 1.54) is 17.6 Å². The fraction of sp³-hybridized carbons (Fsp3) is 0.308. The lowest BCUT2D eigenvalue weighted by Gasteiger charge is -2.03. The number of hydrogen-bond donors (Lipinski definition) is 2.